The molecule has 0 aromatic heterocycles. The zero-order chi connectivity index (χ0) is 10.6. The van der Waals surface area contributed by atoms with Gasteiger partial charge in [-0.05, 0) is 33.6 Å². The third-order valence-corrected chi connectivity index (χ3v) is 2.40. The Kier molecular flexibility index (Phi) is 3.95. The summed E-state index contributed by atoms with van der Waals surface area (Å²) in [5.74, 6) is 1.26. The molecule has 1 aromatic carbocycles. The molecule has 0 unspecified atom stereocenters. The topological polar surface area (TPSA) is 35.5 Å². The van der Waals surface area contributed by atoms with Crippen molar-refractivity contribution in [1.29, 1.82) is 0 Å². The number of carbonyl (C=O) groups excluding carboxylic acids is 1. The number of hydrogen-bond donors (Lipinski definition) is 0. The summed E-state index contributed by atoms with van der Waals surface area (Å²) in [5.41, 5.74) is 0.893. The Bertz CT molecular complexity index is 336. The van der Waals surface area contributed by atoms with E-state index >= 15 is 0 Å². The fraction of sp³-hybridized carbons (Fsp3) is 0.300. The van der Waals surface area contributed by atoms with Crippen LogP contribution in [-0.2, 0) is 11.2 Å². The lowest BCUT2D eigenvalue weighted by Crippen LogP contribution is -1.94. The predicted molar refractivity (Wildman–Crippen MR) is 57.0 cm³/mol. The first-order valence-corrected chi connectivity index (χ1v) is 4.86. The molecule has 0 fully saturated rings. The van der Waals surface area contributed by atoms with E-state index in [1.165, 1.54) is 0 Å². The smallest absolute Gasteiger partial charge is 0.174 e. The molecule has 0 aliphatic carbocycles. The highest BCUT2D eigenvalue weighted by Crippen LogP contribution is 2.36. The van der Waals surface area contributed by atoms with Crippen molar-refractivity contribution in [3.05, 3.63) is 22.2 Å². The van der Waals surface area contributed by atoms with Crippen LogP contribution in [0, 0.1) is 0 Å². The third kappa shape index (κ3) is 2.26. The summed E-state index contributed by atoms with van der Waals surface area (Å²) in [6.45, 7) is 0. The minimum Gasteiger partial charge on any atom is -0.493 e. The van der Waals surface area contributed by atoms with E-state index in [1.54, 1.807) is 20.3 Å². The molecular formula is C10H11BrO3. The van der Waals surface area contributed by atoms with Crippen LogP contribution in [0.25, 0.3) is 0 Å². The SMILES string of the molecule is COc1cc(CC=O)cc(Br)c1OC. The minimum absolute atomic E-state index is 0.374. The Hall–Kier alpha value is -1.03. The van der Waals surface area contributed by atoms with Crippen molar-refractivity contribution in [3.8, 4) is 11.5 Å². The van der Waals surface area contributed by atoms with Crippen molar-refractivity contribution in [2.24, 2.45) is 0 Å². The number of rotatable bonds is 4. The highest BCUT2D eigenvalue weighted by Gasteiger charge is 2.09. The van der Waals surface area contributed by atoms with Crippen LogP contribution in [0.3, 0.4) is 0 Å². The maximum atomic E-state index is 10.4. The standard InChI is InChI=1S/C10H11BrO3/c1-13-9-6-7(3-4-12)5-8(11)10(9)14-2/h4-6H,3H2,1-2H3. The zero-order valence-electron chi connectivity index (χ0n) is 8.04. The van der Waals surface area contributed by atoms with Crippen molar-refractivity contribution in [3.63, 3.8) is 0 Å². The molecular weight excluding hydrogens is 248 g/mol. The minimum atomic E-state index is 0.374. The number of benzene rings is 1. The van der Waals surface area contributed by atoms with E-state index in [1.807, 2.05) is 6.07 Å². The summed E-state index contributed by atoms with van der Waals surface area (Å²) in [5, 5.41) is 0. The summed E-state index contributed by atoms with van der Waals surface area (Å²) in [6.07, 6.45) is 1.23. The maximum absolute atomic E-state index is 10.4. The van der Waals surface area contributed by atoms with Crippen LogP contribution >= 0.6 is 15.9 Å². The molecule has 3 nitrogen and oxygen atoms in total. The quantitative estimate of drug-likeness (QED) is 0.777. The van der Waals surface area contributed by atoms with Gasteiger partial charge in [0, 0.05) is 6.42 Å². The van der Waals surface area contributed by atoms with Crippen molar-refractivity contribution in [2.75, 3.05) is 14.2 Å². The van der Waals surface area contributed by atoms with E-state index in [0.717, 1.165) is 16.3 Å². The third-order valence-electron chi connectivity index (χ3n) is 1.81. The lowest BCUT2D eigenvalue weighted by Gasteiger charge is -2.10. The molecule has 0 aliphatic rings. The lowest BCUT2D eigenvalue weighted by molar-refractivity contribution is -0.107. The van der Waals surface area contributed by atoms with E-state index in [4.69, 9.17) is 9.47 Å². The monoisotopic (exact) mass is 258 g/mol. The molecule has 0 atom stereocenters. The van der Waals surface area contributed by atoms with Crippen molar-refractivity contribution < 1.29 is 14.3 Å². The first-order chi connectivity index (χ1) is 6.72. The van der Waals surface area contributed by atoms with E-state index < -0.39 is 0 Å². The maximum Gasteiger partial charge on any atom is 0.174 e. The second kappa shape index (κ2) is 5.00. The average Bonchev–Trinajstić information content (AvgIpc) is 2.17. The van der Waals surface area contributed by atoms with Crippen LogP contribution < -0.4 is 9.47 Å². The molecule has 0 N–H and O–H groups in total. The van der Waals surface area contributed by atoms with Gasteiger partial charge in [-0.1, -0.05) is 0 Å². The fourth-order valence-corrected chi connectivity index (χ4v) is 1.84. The van der Waals surface area contributed by atoms with Crippen LogP contribution in [0.1, 0.15) is 5.56 Å². The summed E-state index contributed by atoms with van der Waals surface area (Å²) in [6, 6.07) is 3.63. The van der Waals surface area contributed by atoms with Gasteiger partial charge < -0.3 is 14.3 Å². The van der Waals surface area contributed by atoms with Gasteiger partial charge in [-0.15, -0.1) is 0 Å². The first kappa shape index (κ1) is 11.0. The van der Waals surface area contributed by atoms with Gasteiger partial charge in [0.15, 0.2) is 11.5 Å². The Morgan fingerprint density at radius 2 is 2.07 bits per heavy atom. The summed E-state index contributed by atoms with van der Waals surface area (Å²) in [4.78, 5) is 10.4. The summed E-state index contributed by atoms with van der Waals surface area (Å²) >= 11 is 3.35. The number of carbonyl (C=O) groups is 1. The second-order valence-electron chi connectivity index (χ2n) is 2.68. The number of halogens is 1. The van der Waals surface area contributed by atoms with Gasteiger partial charge in [-0.25, -0.2) is 0 Å². The van der Waals surface area contributed by atoms with Crippen molar-refractivity contribution in [1.82, 2.24) is 0 Å². The molecule has 1 rings (SSSR count). The van der Waals surface area contributed by atoms with Gasteiger partial charge in [0.05, 0.1) is 18.7 Å². The Balaban J connectivity index is 3.16. The molecule has 0 bridgehead atoms. The Morgan fingerprint density at radius 1 is 1.36 bits per heavy atom. The van der Waals surface area contributed by atoms with Crippen LogP contribution in [-0.4, -0.2) is 20.5 Å². The molecule has 0 heterocycles. The molecule has 0 saturated carbocycles. The molecule has 0 spiro atoms. The van der Waals surface area contributed by atoms with Crippen molar-refractivity contribution >= 4 is 22.2 Å². The van der Waals surface area contributed by atoms with Crippen LogP contribution in [0.5, 0.6) is 11.5 Å². The zero-order valence-corrected chi connectivity index (χ0v) is 9.63. The van der Waals surface area contributed by atoms with E-state index in [-0.39, 0.29) is 0 Å². The lowest BCUT2D eigenvalue weighted by atomic mass is 10.1. The highest BCUT2D eigenvalue weighted by atomic mass is 79.9. The van der Waals surface area contributed by atoms with E-state index in [9.17, 15) is 4.79 Å². The second-order valence-corrected chi connectivity index (χ2v) is 3.54. The molecule has 14 heavy (non-hydrogen) atoms. The van der Waals surface area contributed by atoms with Gasteiger partial charge >= 0.3 is 0 Å². The van der Waals surface area contributed by atoms with Crippen LogP contribution in [0.4, 0.5) is 0 Å². The normalized spacial score (nSPS) is 9.64. The highest BCUT2D eigenvalue weighted by molar-refractivity contribution is 9.10. The number of ether oxygens (including phenoxy) is 2. The predicted octanol–water partition coefficient (Wildman–Crippen LogP) is 2.21. The molecule has 76 valence electrons. The molecule has 4 heteroatoms. The molecule has 0 radical (unpaired) electrons. The van der Waals surface area contributed by atoms with Gasteiger partial charge in [-0.2, -0.15) is 0 Å². The summed E-state index contributed by atoms with van der Waals surface area (Å²) < 4.78 is 11.1. The Morgan fingerprint density at radius 3 is 2.57 bits per heavy atom. The number of aldehydes is 1. The first-order valence-electron chi connectivity index (χ1n) is 4.07. The van der Waals surface area contributed by atoms with Crippen molar-refractivity contribution in [2.45, 2.75) is 6.42 Å². The Labute approximate surface area is 91.1 Å². The largest absolute Gasteiger partial charge is 0.493 e. The van der Waals surface area contributed by atoms with Crippen LogP contribution in [0.2, 0.25) is 0 Å². The van der Waals surface area contributed by atoms with E-state index in [2.05, 4.69) is 15.9 Å². The number of hydrogen-bond acceptors (Lipinski definition) is 3. The number of methoxy groups -OCH3 is 2. The van der Waals surface area contributed by atoms with E-state index in [0.29, 0.717) is 17.9 Å². The molecule has 0 aliphatic heterocycles. The van der Waals surface area contributed by atoms with Crippen LogP contribution in [0.15, 0.2) is 16.6 Å². The fourth-order valence-electron chi connectivity index (χ4n) is 1.19. The molecule has 0 saturated heterocycles. The molecule has 0 amide bonds. The van der Waals surface area contributed by atoms with Gasteiger partial charge in [0.1, 0.15) is 6.29 Å². The van der Waals surface area contributed by atoms with Gasteiger partial charge in [0.25, 0.3) is 0 Å². The summed E-state index contributed by atoms with van der Waals surface area (Å²) in [7, 11) is 3.14. The van der Waals surface area contributed by atoms with Gasteiger partial charge in [0.2, 0.25) is 0 Å². The molecule has 1 aromatic rings. The average molecular weight is 259 g/mol. The van der Waals surface area contributed by atoms with Gasteiger partial charge in [-0.3, -0.25) is 0 Å².